The minimum atomic E-state index is -2.96. The summed E-state index contributed by atoms with van der Waals surface area (Å²) in [4.78, 5) is 4.46. The first kappa shape index (κ1) is 13.5. The van der Waals surface area contributed by atoms with Crippen molar-refractivity contribution in [3.63, 3.8) is 0 Å². The van der Waals surface area contributed by atoms with Gasteiger partial charge in [0.25, 0.3) is 0 Å². The summed E-state index contributed by atoms with van der Waals surface area (Å²) in [7, 11) is -1.14. The first-order chi connectivity index (χ1) is 9.44. The Balaban J connectivity index is 1.89. The molecule has 0 aliphatic carbocycles. The third kappa shape index (κ3) is 2.55. The van der Waals surface area contributed by atoms with Crippen LogP contribution in [-0.2, 0) is 23.3 Å². The number of halogens is 1. The van der Waals surface area contributed by atoms with Crippen LogP contribution in [0.3, 0.4) is 0 Å². The van der Waals surface area contributed by atoms with Gasteiger partial charge in [-0.2, -0.15) is 0 Å². The fraction of sp³-hybridized carbons (Fsp3) is 0.462. The van der Waals surface area contributed by atoms with Gasteiger partial charge >= 0.3 is 0 Å². The number of fused-ring (bicyclic) bond motifs is 1. The van der Waals surface area contributed by atoms with Gasteiger partial charge in [-0.3, -0.25) is 0 Å². The Labute approximate surface area is 116 Å². The first-order valence-corrected chi connectivity index (χ1v) is 8.31. The van der Waals surface area contributed by atoms with Crippen LogP contribution in [0.2, 0.25) is 0 Å². The highest BCUT2D eigenvalue weighted by Crippen LogP contribution is 2.18. The molecule has 1 aromatic carbocycles. The molecule has 108 valence electrons. The second-order valence-corrected chi connectivity index (χ2v) is 7.42. The van der Waals surface area contributed by atoms with E-state index in [4.69, 9.17) is 0 Å². The van der Waals surface area contributed by atoms with E-state index >= 15 is 0 Å². The fourth-order valence-corrected chi connectivity index (χ4v) is 4.06. The van der Waals surface area contributed by atoms with E-state index in [1.807, 2.05) is 11.6 Å². The number of hydrogen-bond donors (Lipinski definition) is 1. The lowest BCUT2D eigenvalue weighted by Crippen LogP contribution is -2.46. The molecule has 0 saturated carbocycles. The number of imidazole rings is 1. The molecule has 7 heteroatoms. The van der Waals surface area contributed by atoms with Gasteiger partial charge in [-0.1, -0.05) is 0 Å². The van der Waals surface area contributed by atoms with Crippen LogP contribution >= 0.6 is 0 Å². The molecule has 0 radical (unpaired) electrons. The number of aryl methyl sites for hydroxylation is 1. The molecule has 1 N–H and O–H groups in total. The smallest absolute Gasteiger partial charge is 0.153 e. The Bertz CT molecular complexity index is 754. The Hall–Kier alpha value is -1.47. The predicted molar refractivity (Wildman–Crippen MR) is 74.8 cm³/mol. The van der Waals surface area contributed by atoms with Gasteiger partial charge in [0.1, 0.15) is 11.6 Å². The number of nitrogens with zero attached hydrogens (tertiary/aromatic N) is 2. The van der Waals surface area contributed by atoms with E-state index in [0.717, 1.165) is 16.9 Å². The Morgan fingerprint density at radius 2 is 2.30 bits per heavy atom. The molecule has 1 fully saturated rings. The summed E-state index contributed by atoms with van der Waals surface area (Å²) >= 11 is 0. The van der Waals surface area contributed by atoms with Crippen LogP contribution in [0, 0.1) is 5.82 Å². The average Bonchev–Trinajstić information content (AvgIpc) is 2.66. The molecule has 1 aliphatic rings. The van der Waals surface area contributed by atoms with E-state index in [-0.39, 0.29) is 23.4 Å². The molecule has 5 nitrogen and oxygen atoms in total. The SMILES string of the molecule is Cn1c(CC2CS(=O)(=O)CCN2)nc2ccc(F)cc21. The molecule has 0 amide bonds. The molecule has 1 aliphatic heterocycles. The van der Waals surface area contributed by atoms with Crippen LogP contribution in [0.4, 0.5) is 4.39 Å². The van der Waals surface area contributed by atoms with Gasteiger partial charge in [-0.15, -0.1) is 0 Å². The largest absolute Gasteiger partial charge is 0.331 e. The maximum Gasteiger partial charge on any atom is 0.153 e. The highest BCUT2D eigenvalue weighted by Gasteiger charge is 2.25. The number of benzene rings is 1. The summed E-state index contributed by atoms with van der Waals surface area (Å²) in [5.41, 5.74) is 1.45. The summed E-state index contributed by atoms with van der Waals surface area (Å²) in [5, 5.41) is 3.20. The standard InChI is InChI=1S/C13H16FN3O2S/c1-17-12-6-9(14)2-3-11(12)16-13(17)7-10-8-20(18,19)5-4-15-10/h2-3,6,10,15H,4-5,7-8H2,1H3. The minimum absolute atomic E-state index is 0.130. The average molecular weight is 297 g/mol. The van der Waals surface area contributed by atoms with Crippen molar-refractivity contribution in [3.8, 4) is 0 Å². The van der Waals surface area contributed by atoms with Crippen molar-refractivity contribution in [2.45, 2.75) is 12.5 Å². The van der Waals surface area contributed by atoms with Crippen LogP contribution in [0.1, 0.15) is 5.82 Å². The van der Waals surface area contributed by atoms with Gasteiger partial charge in [0, 0.05) is 26.1 Å². The molecule has 1 atom stereocenters. The van der Waals surface area contributed by atoms with E-state index in [0.29, 0.717) is 13.0 Å². The predicted octanol–water partition coefficient (Wildman–Crippen LogP) is 0.641. The van der Waals surface area contributed by atoms with Crippen LogP contribution in [0.5, 0.6) is 0 Å². The van der Waals surface area contributed by atoms with Crippen molar-refractivity contribution in [1.82, 2.24) is 14.9 Å². The molecule has 0 bridgehead atoms. The number of aromatic nitrogens is 2. The molecular formula is C13H16FN3O2S. The summed E-state index contributed by atoms with van der Waals surface area (Å²) in [5.74, 6) is 0.785. The van der Waals surface area contributed by atoms with E-state index in [9.17, 15) is 12.8 Å². The summed E-state index contributed by atoms with van der Waals surface area (Å²) in [6.07, 6.45) is 0.520. The maximum absolute atomic E-state index is 13.3. The van der Waals surface area contributed by atoms with Gasteiger partial charge in [-0.05, 0) is 18.2 Å². The van der Waals surface area contributed by atoms with Gasteiger partial charge in [0.15, 0.2) is 9.84 Å². The molecule has 3 rings (SSSR count). The molecule has 2 heterocycles. The summed E-state index contributed by atoms with van der Waals surface area (Å²) in [6, 6.07) is 4.33. The molecule has 1 saturated heterocycles. The summed E-state index contributed by atoms with van der Waals surface area (Å²) < 4.78 is 38.3. The third-order valence-electron chi connectivity index (χ3n) is 3.67. The molecule has 1 unspecified atom stereocenters. The van der Waals surface area contributed by atoms with Gasteiger partial charge in [0.2, 0.25) is 0 Å². The third-order valence-corrected chi connectivity index (χ3v) is 5.40. The molecular weight excluding hydrogens is 281 g/mol. The quantitative estimate of drug-likeness (QED) is 0.883. The van der Waals surface area contributed by atoms with Gasteiger partial charge < -0.3 is 9.88 Å². The number of rotatable bonds is 2. The van der Waals surface area contributed by atoms with Crippen molar-refractivity contribution in [3.05, 3.63) is 29.8 Å². The van der Waals surface area contributed by atoms with Crippen molar-refractivity contribution in [1.29, 1.82) is 0 Å². The zero-order valence-corrected chi connectivity index (χ0v) is 12.0. The Kier molecular flexibility index (Phi) is 3.25. The zero-order valence-electron chi connectivity index (χ0n) is 11.1. The number of nitrogens with one attached hydrogen (secondary N) is 1. The summed E-state index contributed by atoms with van der Waals surface area (Å²) in [6.45, 7) is 0.478. The number of hydrogen-bond acceptors (Lipinski definition) is 4. The fourth-order valence-electron chi connectivity index (χ4n) is 2.61. The Morgan fingerprint density at radius 1 is 1.50 bits per heavy atom. The molecule has 20 heavy (non-hydrogen) atoms. The number of sulfone groups is 1. The van der Waals surface area contributed by atoms with E-state index in [2.05, 4.69) is 10.3 Å². The van der Waals surface area contributed by atoms with Gasteiger partial charge in [0.05, 0.1) is 22.5 Å². The lowest BCUT2D eigenvalue weighted by atomic mass is 10.2. The zero-order chi connectivity index (χ0) is 14.3. The van der Waals surface area contributed by atoms with E-state index in [1.165, 1.54) is 12.1 Å². The Morgan fingerprint density at radius 3 is 3.05 bits per heavy atom. The minimum Gasteiger partial charge on any atom is -0.331 e. The topological polar surface area (TPSA) is 64.0 Å². The second-order valence-electron chi connectivity index (χ2n) is 5.19. The van der Waals surface area contributed by atoms with Crippen molar-refractivity contribution >= 4 is 20.9 Å². The van der Waals surface area contributed by atoms with E-state index < -0.39 is 9.84 Å². The maximum atomic E-state index is 13.3. The van der Waals surface area contributed by atoms with E-state index in [1.54, 1.807) is 6.07 Å². The molecule has 1 aromatic heterocycles. The van der Waals surface area contributed by atoms with Crippen molar-refractivity contribution < 1.29 is 12.8 Å². The molecule has 0 spiro atoms. The lowest BCUT2D eigenvalue weighted by Gasteiger charge is -2.23. The van der Waals surface area contributed by atoms with Crippen LogP contribution in [0.15, 0.2) is 18.2 Å². The molecule has 2 aromatic rings. The van der Waals surface area contributed by atoms with Crippen LogP contribution in [-0.4, -0.2) is 42.1 Å². The normalized spacial score (nSPS) is 22.2. The van der Waals surface area contributed by atoms with Gasteiger partial charge in [-0.25, -0.2) is 17.8 Å². The monoisotopic (exact) mass is 297 g/mol. The first-order valence-electron chi connectivity index (χ1n) is 6.49. The van der Waals surface area contributed by atoms with Crippen LogP contribution in [0.25, 0.3) is 11.0 Å². The highest BCUT2D eigenvalue weighted by atomic mass is 32.2. The lowest BCUT2D eigenvalue weighted by molar-refractivity contribution is 0.505. The van der Waals surface area contributed by atoms with Crippen molar-refractivity contribution in [2.75, 3.05) is 18.1 Å². The van der Waals surface area contributed by atoms with Crippen molar-refractivity contribution in [2.24, 2.45) is 7.05 Å². The second kappa shape index (κ2) is 4.82. The highest BCUT2D eigenvalue weighted by molar-refractivity contribution is 7.91. The van der Waals surface area contributed by atoms with Crippen LogP contribution < -0.4 is 5.32 Å².